The van der Waals surface area contributed by atoms with Crippen LogP contribution < -0.4 is 11.1 Å². The summed E-state index contributed by atoms with van der Waals surface area (Å²) >= 11 is 0. The van der Waals surface area contributed by atoms with E-state index in [4.69, 9.17) is 10.5 Å². The topological polar surface area (TPSA) is 84.7 Å². The van der Waals surface area contributed by atoms with Crippen molar-refractivity contribution in [3.05, 3.63) is 29.8 Å². The normalized spacial score (nSPS) is 16.7. The van der Waals surface area contributed by atoms with Crippen LogP contribution in [-0.4, -0.2) is 49.1 Å². The van der Waals surface area contributed by atoms with Crippen LogP contribution in [0, 0.1) is 5.92 Å². The highest BCUT2D eigenvalue weighted by molar-refractivity contribution is 5.97. The number of morpholine rings is 1. The molecule has 24 heavy (non-hydrogen) atoms. The molecule has 3 N–H and O–H groups in total. The van der Waals surface area contributed by atoms with Gasteiger partial charge in [0.2, 0.25) is 5.91 Å². The minimum Gasteiger partial charge on any atom is -0.378 e. The number of ether oxygens (including phenoxy) is 1. The molecule has 7 heteroatoms. The zero-order valence-electron chi connectivity index (χ0n) is 14.2. The van der Waals surface area contributed by atoms with Crippen molar-refractivity contribution in [1.29, 1.82) is 0 Å². The van der Waals surface area contributed by atoms with E-state index in [1.807, 2.05) is 13.8 Å². The summed E-state index contributed by atoms with van der Waals surface area (Å²) in [5.74, 6) is -0.0914. The van der Waals surface area contributed by atoms with E-state index < -0.39 is 6.04 Å². The molecule has 1 aromatic carbocycles. The predicted molar refractivity (Wildman–Crippen MR) is 96.5 cm³/mol. The lowest BCUT2D eigenvalue weighted by Crippen LogP contribution is -2.41. The van der Waals surface area contributed by atoms with E-state index >= 15 is 0 Å². The smallest absolute Gasteiger partial charge is 0.254 e. The summed E-state index contributed by atoms with van der Waals surface area (Å²) < 4.78 is 5.25. The summed E-state index contributed by atoms with van der Waals surface area (Å²) in [7, 11) is 0. The fourth-order valence-corrected chi connectivity index (χ4v) is 2.38. The Morgan fingerprint density at radius 1 is 1.25 bits per heavy atom. The molecule has 134 valence electrons. The first-order chi connectivity index (χ1) is 11.0. The molecule has 0 bridgehead atoms. The SMILES string of the molecule is CCC(C)C(N)C(=O)Nc1ccc(C(=O)N2CCOCC2)cc1.Cl. The van der Waals surface area contributed by atoms with Crippen LogP contribution in [0.1, 0.15) is 30.6 Å². The van der Waals surface area contributed by atoms with Gasteiger partial charge in [0, 0.05) is 24.3 Å². The molecule has 0 saturated carbocycles. The van der Waals surface area contributed by atoms with E-state index in [2.05, 4.69) is 5.32 Å². The van der Waals surface area contributed by atoms with Gasteiger partial charge in [0.05, 0.1) is 19.3 Å². The van der Waals surface area contributed by atoms with Gasteiger partial charge in [-0.1, -0.05) is 20.3 Å². The second-order valence-electron chi connectivity index (χ2n) is 5.88. The van der Waals surface area contributed by atoms with Gasteiger partial charge in [0.1, 0.15) is 0 Å². The van der Waals surface area contributed by atoms with Gasteiger partial charge < -0.3 is 20.7 Å². The van der Waals surface area contributed by atoms with Gasteiger partial charge in [-0.25, -0.2) is 0 Å². The highest BCUT2D eigenvalue weighted by atomic mass is 35.5. The largest absolute Gasteiger partial charge is 0.378 e. The Balaban J connectivity index is 0.00000288. The fourth-order valence-electron chi connectivity index (χ4n) is 2.38. The number of hydrogen-bond acceptors (Lipinski definition) is 4. The molecule has 2 rings (SSSR count). The Morgan fingerprint density at radius 2 is 1.83 bits per heavy atom. The van der Waals surface area contributed by atoms with Crippen LogP contribution in [0.2, 0.25) is 0 Å². The third-order valence-electron chi connectivity index (χ3n) is 4.26. The molecule has 6 nitrogen and oxygen atoms in total. The van der Waals surface area contributed by atoms with Gasteiger partial charge in [0.25, 0.3) is 5.91 Å². The number of anilines is 1. The number of carbonyl (C=O) groups excluding carboxylic acids is 2. The Labute approximate surface area is 149 Å². The molecule has 0 radical (unpaired) electrons. The summed E-state index contributed by atoms with van der Waals surface area (Å²) in [6, 6.07) is 6.38. The van der Waals surface area contributed by atoms with Crippen molar-refractivity contribution in [3.8, 4) is 0 Å². The monoisotopic (exact) mass is 355 g/mol. The first kappa shape index (κ1) is 20.4. The van der Waals surface area contributed by atoms with Gasteiger partial charge in [-0.05, 0) is 30.2 Å². The summed E-state index contributed by atoms with van der Waals surface area (Å²) in [6.07, 6.45) is 0.849. The Hall–Kier alpha value is -1.63. The lowest BCUT2D eigenvalue weighted by molar-refractivity contribution is -0.118. The number of amides is 2. The molecule has 1 fully saturated rings. The molecule has 1 aromatic rings. The average molecular weight is 356 g/mol. The second-order valence-corrected chi connectivity index (χ2v) is 5.88. The standard InChI is InChI=1S/C17H25N3O3.ClH/c1-3-12(2)15(18)16(21)19-14-6-4-13(5-7-14)17(22)20-8-10-23-11-9-20;/h4-7,12,15H,3,8-11,18H2,1-2H3,(H,19,21);1H. The van der Waals surface area contributed by atoms with Crippen LogP contribution in [0.4, 0.5) is 5.69 Å². The molecule has 2 atom stereocenters. The molecule has 1 aliphatic heterocycles. The van der Waals surface area contributed by atoms with Gasteiger partial charge in [-0.15, -0.1) is 12.4 Å². The minimum atomic E-state index is -0.533. The van der Waals surface area contributed by atoms with Crippen LogP contribution in [0.15, 0.2) is 24.3 Å². The zero-order chi connectivity index (χ0) is 16.8. The van der Waals surface area contributed by atoms with Crippen molar-refractivity contribution in [2.45, 2.75) is 26.3 Å². The molecule has 0 spiro atoms. The van der Waals surface area contributed by atoms with Gasteiger partial charge in [-0.3, -0.25) is 9.59 Å². The number of nitrogens with zero attached hydrogens (tertiary/aromatic N) is 1. The first-order valence-corrected chi connectivity index (χ1v) is 8.06. The molecule has 1 saturated heterocycles. The van der Waals surface area contributed by atoms with Crippen LogP contribution >= 0.6 is 12.4 Å². The molecule has 2 amide bonds. The number of carbonyl (C=O) groups is 2. The van der Waals surface area contributed by atoms with E-state index in [0.29, 0.717) is 37.6 Å². The summed E-state index contributed by atoms with van der Waals surface area (Å²) in [5, 5.41) is 2.79. The lowest BCUT2D eigenvalue weighted by atomic mass is 9.99. The fraction of sp³-hybridized carbons (Fsp3) is 0.529. The van der Waals surface area contributed by atoms with E-state index in [-0.39, 0.29) is 30.1 Å². The van der Waals surface area contributed by atoms with Crippen molar-refractivity contribution in [3.63, 3.8) is 0 Å². The van der Waals surface area contributed by atoms with Gasteiger partial charge in [-0.2, -0.15) is 0 Å². The summed E-state index contributed by atoms with van der Waals surface area (Å²) in [6.45, 7) is 6.33. The molecule has 2 unspecified atom stereocenters. The molecular formula is C17H26ClN3O3. The maximum Gasteiger partial charge on any atom is 0.254 e. The number of nitrogens with two attached hydrogens (primary N) is 1. The van der Waals surface area contributed by atoms with Crippen molar-refractivity contribution in [2.75, 3.05) is 31.6 Å². The lowest BCUT2D eigenvalue weighted by Gasteiger charge is -2.26. The van der Waals surface area contributed by atoms with Crippen LogP contribution in [0.25, 0.3) is 0 Å². The Morgan fingerprint density at radius 3 is 2.38 bits per heavy atom. The highest BCUT2D eigenvalue weighted by Gasteiger charge is 2.20. The molecule has 1 heterocycles. The Bertz CT molecular complexity index is 545. The zero-order valence-corrected chi connectivity index (χ0v) is 15.0. The average Bonchev–Trinajstić information content (AvgIpc) is 2.61. The van der Waals surface area contributed by atoms with Gasteiger partial charge in [0.15, 0.2) is 0 Å². The maximum atomic E-state index is 12.3. The minimum absolute atomic E-state index is 0. The van der Waals surface area contributed by atoms with Crippen molar-refractivity contribution in [1.82, 2.24) is 4.90 Å². The van der Waals surface area contributed by atoms with Crippen LogP contribution in [0.3, 0.4) is 0 Å². The van der Waals surface area contributed by atoms with Gasteiger partial charge >= 0.3 is 0 Å². The quantitative estimate of drug-likeness (QED) is 0.844. The highest BCUT2D eigenvalue weighted by Crippen LogP contribution is 2.14. The Kier molecular flexibility index (Phi) is 8.18. The van der Waals surface area contributed by atoms with E-state index in [0.717, 1.165) is 6.42 Å². The van der Waals surface area contributed by atoms with Crippen molar-refractivity contribution >= 4 is 29.9 Å². The maximum absolute atomic E-state index is 12.3. The molecular weight excluding hydrogens is 330 g/mol. The predicted octanol–water partition coefficient (Wildman–Crippen LogP) is 1.89. The third-order valence-corrected chi connectivity index (χ3v) is 4.26. The van der Waals surface area contributed by atoms with Crippen LogP contribution in [-0.2, 0) is 9.53 Å². The molecule has 1 aliphatic rings. The number of nitrogens with one attached hydrogen (secondary N) is 1. The van der Waals surface area contributed by atoms with E-state index in [9.17, 15) is 9.59 Å². The molecule has 0 aliphatic carbocycles. The second kappa shape index (κ2) is 9.61. The number of rotatable bonds is 5. The third kappa shape index (κ3) is 5.19. The number of halogens is 1. The number of hydrogen-bond donors (Lipinski definition) is 2. The summed E-state index contributed by atoms with van der Waals surface area (Å²) in [5.41, 5.74) is 7.16. The van der Waals surface area contributed by atoms with E-state index in [1.165, 1.54) is 0 Å². The van der Waals surface area contributed by atoms with Crippen LogP contribution in [0.5, 0.6) is 0 Å². The molecule has 0 aromatic heterocycles. The van der Waals surface area contributed by atoms with Crippen molar-refractivity contribution in [2.24, 2.45) is 11.7 Å². The van der Waals surface area contributed by atoms with E-state index in [1.54, 1.807) is 29.2 Å². The number of benzene rings is 1. The van der Waals surface area contributed by atoms with Crippen molar-refractivity contribution < 1.29 is 14.3 Å². The summed E-state index contributed by atoms with van der Waals surface area (Å²) in [4.78, 5) is 26.2. The first-order valence-electron chi connectivity index (χ1n) is 8.06.